The number of aryl methyl sites for hydroxylation is 1. The molecule has 9 heteroatoms. The Bertz CT molecular complexity index is 725. The van der Waals surface area contributed by atoms with Crippen LogP contribution in [-0.4, -0.2) is 68.2 Å². The van der Waals surface area contributed by atoms with Crippen LogP contribution >= 0.6 is 0 Å². The third-order valence-corrected chi connectivity index (χ3v) is 6.85. The number of nitrogens with zero attached hydrogens (tertiary/aromatic N) is 3. The average molecular weight is 385 g/mol. The first-order valence-corrected chi connectivity index (χ1v) is 10.9. The lowest BCUT2D eigenvalue weighted by Crippen LogP contribution is -2.40. The predicted octanol–water partition coefficient (Wildman–Crippen LogP) is 1.14. The van der Waals surface area contributed by atoms with Gasteiger partial charge in [-0.25, -0.2) is 12.7 Å². The van der Waals surface area contributed by atoms with Crippen molar-refractivity contribution in [3.63, 3.8) is 0 Å². The molecule has 0 N–H and O–H groups in total. The van der Waals surface area contributed by atoms with Gasteiger partial charge in [-0.3, -0.25) is 4.79 Å². The summed E-state index contributed by atoms with van der Waals surface area (Å²) < 4.78 is 34.9. The minimum absolute atomic E-state index is 0.136. The van der Waals surface area contributed by atoms with Crippen LogP contribution in [0.3, 0.4) is 0 Å². The van der Waals surface area contributed by atoms with E-state index in [1.807, 2.05) is 4.90 Å². The number of piperidine rings is 1. The molecular formula is C17H27N3O5S. The highest BCUT2D eigenvalue weighted by Crippen LogP contribution is 2.32. The first-order chi connectivity index (χ1) is 12.4. The Hall–Kier alpha value is -1.61. The van der Waals surface area contributed by atoms with Crippen LogP contribution < -0.4 is 4.74 Å². The highest BCUT2D eigenvalue weighted by atomic mass is 32.2. The largest absolute Gasteiger partial charge is 0.479 e. The first-order valence-electron chi connectivity index (χ1n) is 9.09. The van der Waals surface area contributed by atoms with Gasteiger partial charge >= 0.3 is 0 Å². The van der Waals surface area contributed by atoms with Crippen LogP contribution in [0.2, 0.25) is 0 Å². The van der Waals surface area contributed by atoms with Crippen LogP contribution in [0, 0.1) is 11.8 Å². The highest BCUT2D eigenvalue weighted by Gasteiger charge is 2.35. The normalized spacial score (nSPS) is 22.7. The molecule has 3 heterocycles. The van der Waals surface area contributed by atoms with Gasteiger partial charge in [-0.1, -0.05) is 0 Å². The SMILES string of the molecule is COc1cc(CCC(=O)N2CCC(C3CCN(S(C)(=O)=O)CC3)C2)on1. The second kappa shape index (κ2) is 7.96. The topological polar surface area (TPSA) is 93.0 Å². The molecule has 0 bridgehead atoms. The van der Waals surface area contributed by atoms with Crippen molar-refractivity contribution < 1.29 is 22.5 Å². The van der Waals surface area contributed by atoms with Gasteiger partial charge in [0, 0.05) is 45.1 Å². The number of carbonyl (C=O) groups excluding carboxylic acids is 1. The molecule has 1 amide bonds. The quantitative estimate of drug-likeness (QED) is 0.729. The molecule has 0 aromatic carbocycles. The van der Waals surface area contributed by atoms with Crippen LogP contribution in [-0.2, 0) is 21.2 Å². The molecule has 146 valence electrons. The lowest BCUT2D eigenvalue weighted by Gasteiger charge is -2.33. The molecule has 26 heavy (non-hydrogen) atoms. The summed E-state index contributed by atoms with van der Waals surface area (Å²) in [5, 5.41) is 3.74. The molecule has 1 aromatic heterocycles. The Balaban J connectivity index is 1.44. The highest BCUT2D eigenvalue weighted by molar-refractivity contribution is 7.88. The van der Waals surface area contributed by atoms with Gasteiger partial charge in [-0.2, -0.15) is 0 Å². The molecule has 2 fully saturated rings. The summed E-state index contributed by atoms with van der Waals surface area (Å²) in [6.07, 6.45) is 4.97. The number of sulfonamides is 1. The summed E-state index contributed by atoms with van der Waals surface area (Å²) >= 11 is 0. The molecule has 0 spiro atoms. The zero-order valence-electron chi connectivity index (χ0n) is 15.4. The van der Waals surface area contributed by atoms with Crippen molar-refractivity contribution in [3.8, 4) is 5.88 Å². The fraction of sp³-hybridized carbons (Fsp3) is 0.765. The molecule has 1 unspecified atom stereocenters. The summed E-state index contributed by atoms with van der Waals surface area (Å²) in [6.45, 7) is 2.76. The Morgan fingerprint density at radius 3 is 2.58 bits per heavy atom. The molecular weight excluding hydrogens is 358 g/mol. The smallest absolute Gasteiger partial charge is 0.254 e. The first kappa shape index (κ1) is 19.2. The van der Waals surface area contributed by atoms with Crippen molar-refractivity contribution in [3.05, 3.63) is 11.8 Å². The number of hydrogen-bond donors (Lipinski definition) is 0. The average Bonchev–Trinajstić information content (AvgIpc) is 3.28. The number of carbonyl (C=O) groups is 1. The Morgan fingerprint density at radius 2 is 1.96 bits per heavy atom. The minimum Gasteiger partial charge on any atom is -0.479 e. The maximum atomic E-state index is 12.5. The van der Waals surface area contributed by atoms with Crippen LogP contribution in [0.25, 0.3) is 0 Å². The molecule has 3 rings (SSSR count). The minimum atomic E-state index is -3.09. The lowest BCUT2D eigenvalue weighted by molar-refractivity contribution is -0.130. The van der Waals surface area contributed by atoms with Crippen molar-refractivity contribution in [1.82, 2.24) is 14.4 Å². The van der Waals surface area contributed by atoms with E-state index in [-0.39, 0.29) is 5.91 Å². The third kappa shape index (κ3) is 4.56. The Morgan fingerprint density at radius 1 is 1.27 bits per heavy atom. The van der Waals surface area contributed by atoms with Crippen molar-refractivity contribution in [1.29, 1.82) is 0 Å². The summed E-state index contributed by atoms with van der Waals surface area (Å²) in [4.78, 5) is 14.4. The number of aromatic nitrogens is 1. The zero-order valence-corrected chi connectivity index (χ0v) is 16.2. The van der Waals surface area contributed by atoms with Gasteiger partial charge in [0.05, 0.1) is 13.4 Å². The van der Waals surface area contributed by atoms with Crippen LogP contribution in [0.5, 0.6) is 5.88 Å². The molecule has 2 aliphatic rings. The van der Waals surface area contributed by atoms with E-state index in [2.05, 4.69) is 5.16 Å². The molecule has 2 saturated heterocycles. The molecule has 1 atom stereocenters. The van der Waals surface area contributed by atoms with Gasteiger partial charge in [0.15, 0.2) is 0 Å². The number of methoxy groups -OCH3 is 1. The van der Waals surface area contributed by atoms with Gasteiger partial charge in [-0.15, -0.1) is 0 Å². The maximum absolute atomic E-state index is 12.5. The van der Waals surface area contributed by atoms with E-state index in [0.717, 1.165) is 32.4 Å². The van der Waals surface area contributed by atoms with Crippen LogP contribution in [0.4, 0.5) is 0 Å². The maximum Gasteiger partial charge on any atom is 0.254 e. The van der Waals surface area contributed by atoms with Crippen molar-refractivity contribution >= 4 is 15.9 Å². The van der Waals surface area contributed by atoms with Gasteiger partial charge in [0.25, 0.3) is 5.88 Å². The summed E-state index contributed by atoms with van der Waals surface area (Å²) in [5.74, 6) is 2.19. The van der Waals surface area contributed by atoms with E-state index in [4.69, 9.17) is 9.26 Å². The number of likely N-dealkylation sites (tertiary alicyclic amines) is 1. The van der Waals surface area contributed by atoms with E-state index in [0.29, 0.717) is 49.4 Å². The van der Waals surface area contributed by atoms with E-state index in [1.165, 1.54) is 13.4 Å². The molecule has 0 aliphatic carbocycles. The predicted molar refractivity (Wildman–Crippen MR) is 95.2 cm³/mol. The van der Waals surface area contributed by atoms with E-state index in [1.54, 1.807) is 10.4 Å². The van der Waals surface area contributed by atoms with Gasteiger partial charge in [0.1, 0.15) is 5.76 Å². The number of amides is 1. The fourth-order valence-corrected chi connectivity index (χ4v) is 4.85. The van der Waals surface area contributed by atoms with Crippen molar-refractivity contribution in [2.75, 3.05) is 39.5 Å². The standard InChI is InChI=1S/C17H27N3O5S/c1-24-16-11-15(25-18-16)3-4-17(21)19-8-5-14(12-19)13-6-9-20(10-7-13)26(2,22)23/h11,13-14H,3-10,12H2,1-2H3. The van der Waals surface area contributed by atoms with E-state index in [9.17, 15) is 13.2 Å². The van der Waals surface area contributed by atoms with Gasteiger partial charge in [0.2, 0.25) is 15.9 Å². The number of hydrogen-bond acceptors (Lipinski definition) is 6. The Labute approximate surface area is 154 Å². The number of ether oxygens (including phenoxy) is 1. The van der Waals surface area contributed by atoms with Crippen LogP contribution in [0.15, 0.2) is 10.6 Å². The Kier molecular flexibility index (Phi) is 5.86. The number of rotatable bonds is 6. The molecule has 8 nitrogen and oxygen atoms in total. The molecule has 2 aliphatic heterocycles. The monoisotopic (exact) mass is 385 g/mol. The lowest BCUT2D eigenvalue weighted by atomic mass is 9.84. The third-order valence-electron chi connectivity index (χ3n) is 5.54. The van der Waals surface area contributed by atoms with Crippen LogP contribution in [0.1, 0.15) is 31.4 Å². The molecule has 1 aromatic rings. The summed E-state index contributed by atoms with van der Waals surface area (Å²) in [6, 6.07) is 1.70. The fourth-order valence-electron chi connectivity index (χ4n) is 3.97. The van der Waals surface area contributed by atoms with Crippen molar-refractivity contribution in [2.24, 2.45) is 11.8 Å². The van der Waals surface area contributed by atoms with E-state index < -0.39 is 10.0 Å². The van der Waals surface area contributed by atoms with Crippen molar-refractivity contribution in [2.45, 2.75) is 32.1 Å². The second-order valence-corrected chi connectivity index (χ2v) is 9.21. The van der Waals surface area contributed by atoms with Gasteiger partial charge < -0.3 is 14.2 Å². The zero-order chi connectivity index (χ0) is 18.7. The molecule has 0 radical (unpaired) electrons. The summed E-state index contributed by atoms with van der Waals surface area (Å²) in [7, 11) is -1.56. The summed E-state index contributed by atoms with van der Waals surface area (Å²) in [5.41, 5.74) is 0. The van der Waals surface area contributed by atoms with Gasteiger partial charge in [-0.05, 0) is 36.3 Å². The van der Waals surface area contributed by atoms with E-state index >= 15 is 0 Å². The second-order valence-electron chi connectivity index (χ2n) is 7.22. The molecule has 0 saturated carbocycles.